The fourth-order valence-corrected chi connectivity index (χ4v) is 2.27. The van der Waals surface area contributed by atoms with Gasteiger partial charge in [0.2, 0.25) is 0 Å². The maximum absolute atomic E-state index is 11.8. The smallest absolute Gasteiger partial charge is 0.410 e. The summed E-state index contributed by atoms with van der Waals surface area (Å²) in [7, 11) is 0. The first-order chi connectivity index (χ1) is 8.50. The molecule has 1 aliphatic rings. The van der Waals surface area contributed by atoms with Crippen molar-refractivity contribution in [2.45, 2.75) is 32.1 Å². The van der Waals surface area contributed by atoms with E-state index in [0.717, 1.165) is 0 Å². The van der Waals surface area contributed by atoms with E-state index in [-0.39, 0.29) is 12.6 Å². The lowest BCUT2D eigenvalue weighted by Gasteiger charge is -2.37. The lowest BCUT2D eigenvalue weighted by Crippen LogP contribution is -2.50. The lowest BCUT2D eigenvalue weighted by molar-refractivity contribution is -0.0665. The summed E-state index contributed by atoms with van der Waals surface area (Å²) in [6.07, 6.45) is -1.88. The number of aliphatic hydroxyl groups excluding tert-OH is 1. The number of carbonyl (C=O) groups is 1. The predicted molar refractivity (Wildman–Crippen MR) is 68.5 cm³/mol. The third-order valence-corrected chi connectivity index (χ3v) is 3.37. The molecule has 0 radical (unpaired) electrons. The van der Waals surface area contributed by atoms with E-state index in [1.807, 2.05) is 13.8 Å². The first-order valence-electron chi connectivity index (χ1n) is 5.90. The summed E-state index contributed by atoms with van der Waals surface area (Å²) in [6.45, 7) is 4.01. The molecule has 1 aliphatic heterocycles. The number of amides is 1. The van der Waals surface area contributed by atoms with Crippen LogP contribution in [-0.4, -0.2) is 34.8 Å². The van der Waals surface area contributed by atoms with E-state index in [4.69, 9.17) is 16.3 Å². The van der Waals surface area contributed by atoms with Crippen molar-refractivity contribution in [3.8, 4) is 0 Å². The number of hydrogen-bond acceptors (Lipinski definition) is 3. The molecule has 98 valence electrons. The van der Waals surface area contributed by atoms with Crippen molar-refractivity contribution in [3.05, 3.63) is 34.9 Å². The number of carbonyl (C=O) groups excluding carboxylic acids is 1. The zero-order chi connectivity index (χ0) is 13.3. The normalized spacial score (nSPS) is 24.3. The van der Waals surface area contributed by atoms with Crippen LogP contribution in [0.5, 0.6) is 0 Å². The molecule has 5 heteroatoms. The van der Waals surface area contributed by atoms with Crippen molar-refractivity contribution in [2.75, 3.05) is 6.54 Å². The average Bonchev–Trinajstić information content (AvgIpc) is 2.32. The van der Waals surface area contributed by atoms with Crippen LogP contribution in [0.3, 0.4) is 0 Å². The van der Waals surface area contributed by atoms with E-state index in [1.54, 1.807) is 24.3 Å². The molecular weight excluding hydrogens is 254 g/mol. The van der Waals surface area contributed by atoms with Gasteiger partial charge in [-0.1, -0.05) is 29.8 Å². The van der Waals surface area contributed by atoms with Gasteiger partial charge >= 0.3 is 6.09 Å². The van der Waals surface area contributed by atoms with Crippen LogP contribution in [0, 0.1) is 0 Å². The summed E-state index contributed by atoms with van der Waals surface area (Å²) in [5, 5.41) is 10.6. The van der Waals surface area contributed by atoms with Crippen molar-refractivity contribution >= 4 is 17.7 Å². The van der Waals surface area contributed by atoms with Gasteiger partial charge in [0.05, 0.1) is 6.54 Å². The zero-order valence-electron chi connectivity index (χ0n) is 10.3. The monoisotopic (exact) mass is 269 g/mol. The van der Waals surface area contributed by atoms with Crippen LogP contribution >= 0.6 is 11.6 Å². The highest BCUT2D eigenvalue weighted by Gasteiger charge is 2.37. The molecule has 1 fully saturated rings. The molecule has 18 heavy (non-hydrogen) atoms. The van der Waals surface area contributed by atoms with Gasteiger partial charge in [-0.2, -0.15) is 0 Å². The van der Waals surface area contributed by atoms with Gasteiger partial charge in [0.1, 0.15) is 6.10 Å². The number of ether oxygens (including phenoxy) is 1. The fraction of sp³-hybridized carbons (Fsp3) is 0.462. The molecule has 1 N–H and O–H groups in total. The first kappa shape index (κ1) is 13.2. The van der Waals surface area contributed by atoms with Gasteiger partial charge in [-0.3, -0.25) is 0 Å². The number of halogens is 1. The highest BCUT2D eigenvalue weighted by Crippen LogP contribution is 2.32. The third-order valence-electron chi connectivity index (χ3n) is 3.03. The molecule has 1 saturated heterocycles. The molecule has 2 rings (SSSR count). The highest BCUT2D eigenvalue weighted by atomic mass is 35.5. The number of hydrogen-bond donors (Lipinski definition) is 1. The number of benzene rings is 1. The van der Waals surface area contributed by atoms with Crippen LogP contribution in [-0.2, 0) is 4.74 Å². The molecule has 1 aromatic carbocycles. The quantitative estimate of drug-likeness (QED) is 0.898. The highest BCUT2D eigenvalue weighted by molar-refractivity contribution is 6.31. The Morgan fingerprint density at radius 3 is 2.72 bits per heavy atom. The van der Waals surface area contributed by atoms with E-state index in [0.29, 0.717) is 10.6 Å². The molecule has 1 aromatic rings. The minimum Gasteiger partial charge on any atom is -0.438 e. The Morgan fingerprint density at radius 1 is 1.44 bits per heavy atom. The molecule has 0 spiro atoms. The van der Waals surface area contributed by atoms with Crippen molar-refractivity contribution < 1.29 is 14.6 Å². The number of aliphatic hydroxyl groups is 1. The molecule has 0 unspecified atom stereocenters. The minimum absolute atomic E-state index is 0.000606. The van der Waals surface area contributed by atoms with Crippen LogP contribution in [0.4, 0.5) is 4.79 Å². The number of nitrogens with zero attached hydrogens (tertiary/aromatic N) is 1. The van der Waals surface area contributed by atoms with Crippen molar-refractivity contribution in [2.24, 2.45) is 0 Å². The molecule has 1 heterocycles. The van der Waals surface area contributed by atoms with Crippen LogP contribution in [0.1, 0.15) is 25.5 Å². The van der Waals surface area contributed by atoms with Crippen LogP contribution < -0.4 is 0 Å². The summed E-state index contributed by atoms with van der Waals surface area (Å²) in [4.78, 5) is 13.3. The van der Waals surface area contributed by atoms with Gasteiger partial charge < -0.3 is 14.7 Å². The molecular formula is C13H16ClNO3. The molecule has 1 amide bonds. The first-order valence-corrected chi connectivity index (χ1v) is 6.28. The van der Waals surface area contributed by atoms with Gasteiger partial charge in [0.15, 0.2) is 6.10 Å². The lowest BCUT2D eigenvalue weighted by atomic mass is 10.0. The van der Waals surface area contributed by atoms with Crippen LogP contribution in [0.2, 0.25) is 5.02 Å². The van der Waals surface area contributed by atoms with Gasteiger partial charge in [0, 0.05) is 16.6 Å². The predicted octanol–water partition coefficient (Wildman–Crippen LogP) is 2.60. The Bertz CT molecular complexity index is 450. The number of rotatable bonds is 2. The molecule has 0 saturated carbocycles. The Labute approximate surface area is 111 Å². The molecule has 0 bridgehead atoms. The topological polar surface area (TPSA) is 49.8 Å². The molecule has 2 atom stereocenters. The Morgan fingerprint density at radius 2 is 2.11 bits per heavy atom. The van der Waals surface area contributed by atoms with Crippen molar-refractivity contribution in [1.29, 1.82) is 0 Å². The SMILES string of the molecule is CC(C)N1C[C@@H](O)[C@@H](c2ccccc2Cl)OC1=O. The van der Waals surface area contributed by atoms with Crippen molar-refractivity contribution in [1.82, 2.24) is 4.90 Å². The van der Waals surface area contributed by atoms with E-state index in [2.05, 4.69) is 0 Å². The molecule has 0 aliphatic carbocycles. The molecule has 4 nitrogen and oxygen atoms in total. The average molecular weight is 270 g/mol. The Kier molecular flexibility index (Phi) is 3.78. The Balaban J connectivity index is 2.23. The van der Waals surface area contributed by atoms with Crippen LogP contribution in [0.25, 0.3) is 0 Å². The van der Waals surface area contributed by atoms with E-state index < -0.39 is 18.3 Å². The van der Waals surface area contributed by atoms with E-state index in [9.17, 15) is 9.90 Å². The summed E-state index contributed by atoms with van der Waals surface area (Å²) in [6, 6.07) is 7.07. The maximum atomic E-state index is 11.8. The van der Waals surface area contributed by atoms with Crippen molar-refractivity contribution in [3.63, 3.8) is 0 Å². The molecule has 0 aromatic heterocycles. The summed E-state index contributed by atoms with van der Waals surface area (Å²) >= 11 is 6.05. The summed E-state index contributed by atoms with van der Waals surface area (Å²) in [5.74, 6) is 0. The number of β-amino-alcohol motifs (C(OH)–C–C–N with tert-alkyl or cyclic N) is 1. The van der Waals surface area contributed by atoms with Gasteiger partial charge in [-0.05, 0) is 19.9 Å². The minimum atomic E-state index is -0.773. The largest absolute Gasteiger partial charge is 0.438 e. The second-order valence-corrected chi connectivity index (χ2v) is 5.05. The Hall–Kier alpha value is -1.26. The van der Waals surface area contributed by atoms with Gasteiger partial charge in [-0.25, -0.2) is 4.79 Å². The van der Waals surface area contributed by atoms with E-state index >= 15 is 0 Å². The van der Waals surface area contributed by atoms with Gasteiger partial charge in [0.25, 0.3) is 0 Å². The maximum Gasteiger partial charge on any atom is 0.410 e. The summed E-state index contributed by atoms with van der Waals surface area (Å²) < 4.78 is 5.29. The second-order valence-electron chi connectivity index (χ2n) is 4.64. The third kappa shape index (κ3) is 2.44. The number of cyclic esters (lactones) is 1. The second kappa shape index (κ2) is 5.16. The van der Waals surface area contributed by atoms with Gasteiger partial charge in [-0.15, -0.1) is 0 Å². The standard InChI is InChI=1S/C13H16ClNO3/c1-8(2)15-7-11(16)12(18-13(15)17)9-5-3-4-6-10(9)14/h3-6,8,11-12,16H,7H2,1-2H3/t11-,12-/m1/s1. The summed E-state index contributed by atoms with van der Waals surface area (Å²) in [5.41, 5.74) is 0.642. The van der Waals surface area contributed by atoms with Crippen LogP contribution in [0.15, 0.2) is 24.3 Å². The van der Waals surface area contributed by atoms with E-state index in [1.165, 1.54) is 4.90 Å². The zero-order valence-corrected chi connectivity index (χ0v) is 11.1. The fourth-order valence-electron chi connectivity index (χ4n) is 2.02.